The molecule has 0 atom stereocenters. The third-order valence-electron chi connectivity index (χ3n) is 16.2. The van der Waals surface area contributed by atoms with E-state index in [4.69, 9.17) is 0 Å². The van der Waals surface area contributed by atoms with Crippen molar-refractivity contribution in [1.82, 2.24) is 0 Å². The molecule has 0 nitrogen and oxygen atoms in total. The molecule has 0 bridgehead atoms. The molecule has 0 aromatic heterocycles. The van der Waals surface area contributed by atoms with E-state index in [0.717, 1.165) is 0 Å². The zero-order chi connectivity index (χ0) is 61.6. The second kappa shape index (κ2) is 44.7. The number of aryl methyl sites for hydroxylation is 4. The van der Waals surface area contributed by atoms with Crippen molar-refractivity contribution in [3.8, 4) is 0 Å². The Kier molecular flexibility index (Phi) is 37.3. The maximum atomic E-state index is 2.33. The van der Waals surface area contributed by atoms with Crippen LogP contribution < -0.4 is 24.8 Å². The number of rotatable bonds is 24. The molecule has 0 radical (unpaired) electrons. The predicted octanol–water partition coefficient (Wildman–Crippen LogP) is 18.3. The van der Waals surface area contributed by atoms with Crippen LogP contribution in [-0.4, -0.2) is 6.41 Å². The molecule has 0 saturated carbocycles. The number of unbranched alkanes of at least 4 members (excludes halogenated alkanes) is 12. The van der Waals surface area contributed by atoms with E-state index in [2.05, 4.69) is 295 Å². The molecule has 0 saturated heterocycles. The van der Waals surface area contributed by atoms with Crippen molar-refractivity contribution < 1.29 is 73.3 Å². The fourth-order valence-corrected chi connectivity index (χ4v) is 12.9. The van der Waals surface area contributed by atoms with Gasteiger partial charge in [0.2, 0.25) is 0 Å². The monoisotopic (exact) mass is 1380 g/mol. The molecule has 0 spiro atoms. The Morgan fingerprint density at radius 1 is 0.244 bits per heavy atom. The van der Waals surface area contributed by atoms with Crippen molar-refractivity contribution in [2.24, 2.45) is 0 Å². The molecule has 0 unspecified atom stereocenters. The average molecular weight is 1380 g/mol. The SMILES string of the molecule is CCCCCCc1cc2ccccc2[cH-]1.CCCCCCc1cc2ccccc2[cH-]1.CCCCCCc1cc2ccccc2[cH-]1.CCCCCCc1cc2ccccc2[cH-]1.[Cl-].[Cl-].[Zr+2]=[C](c1ccccc1)c1ccccc1.[Zr+2]=[C](c1ccccc1)c1ccccc1. The molecular formula is C86H96Cl2Zr2-2. The van der Waals surface area contributed by atoms with Gasteiger partial charge in [-0.3, -0.25) is 0 Å². The molecular weight excluding hydrogens is 1290 g/mol. The van der Waals surface area contributed by atoms with Crippen LogP contribution in [0.5, 0.6) is 0 Å². The summed E-state index contributed by atoms with van der Waals surface area (Å²) in [4.78, 5) is 0. The minimum absolute atomic E-state index is 0. The number of fused-ring (bicyclic) bond motifs is 4. The van der Waals surface area contributed by atoms with E-state index in [-0.39, 0.29) is 24.8 Å². The Morgan fingerprint density at radius 2 is 0.433 bits per heavy atom. The summed E-state index contributed by atoms with van der Waals surface area (Å²) >= 11 is 2.92. The first kappa shape index (κ1) is 75.0. The van der Waals surface area contributed by atoms with Gasteiger partial charge < -0.3 is 24.8 Å². The van der Waals surface area contributed by atoms with Crippen LogP contribution in [0.15, 0.2) is 267 Å². The van der Waals surface area contributed by atoms with E-state index in [1.165, 1.54) is 271 Å². The molecule has 12 aromatic rings. The maximum absolute atomic E-state index is 2.33. The second-order valence-corrected chi connectivity index (χ2v) is 25.9. The van der Waals surface area contributed by atoms with Gasteiger partial charge in [0.05, 0.1) is 0 Å². The Morgan fingerprint density at radius 3 is 0.622 bits per heavy atom. The van der Waals surface area contributed by atoms with Gasteiger partial charge in [0.25, 0.3) is 0 Å². The number of benzene rings is 8. The van der Waals surface area contributed by atoms with E-state index < -0.39 is 0 Å². The van der Waals surface area contributed by atoms with E-state index in [1.54, 1.807) is 0 Å². The quantitative estimate of drug-likeness (QED) is 0.0418. The molecule has 4 heteroatoms. The van der Waals surface area contributed by atoms with Crippen LogP contribution in [0, 0.1) is 0 Å². The summed E-state index contributed by atoms with van der Waals surface area (Å²) in [7, 11) is 0. The number of halogens is 2. The van der Waals surface area contributed by atoms with Crippen molar-refractivity contribution in [3.63, 3.8) is 0 Å². The van der Waals surface area contributed by atoms with E-state index in [9.17, 15) is 0 Å². The topological polar surface area (TPSA) is 0 Å². The third-order valence-corrected chi connectivity index (χ3v) is 19.1. The van der Waals surface area contributed by atoms with Crippen LogP contribution in [0.1, 0.15) is 175 Å². The van der Waals surface area contributed by atoms with Gasteiger partial charge in [0.15, 0.2) is 0 Å². The summed E-state index contributed by atoms with van der Waals surface area (Å²) in [6, 6.07) is 95.4. The molecule has 12 rings (SSSR count). The van der Waals surface area contributed by atoms with Crippen molar-refractivity contribution in [2.75, 3.05) is 0 Å². The molecule has 0 aliphatic heterocycles. The Bertz CT molecular complexity index is 3150. The zero-order valence-electron chi connectivity index (χ0n) is 54.3. The van der Waals surface area contributed by atoms with Gasteiger partial charge in [-0.25, -0.2) is 0 Å². The van der Waals surface area contributed by atoms with Crippen molar-refractivity contribution in [2.45, 2.75) is 156 Å². The molecule has 0 aliphatic carbocycles. The van der Waals surface area contributed by atoms with Gasteiger partial charge in [-0.05, 0) is 25.7 Å². The molecule has 0 amide bonds. The second-order valence-electron chi connectivity index (χ2n) is 23.4. The summed E-state index contributed by atoms with van der Waals surface area (Å²) < 4.78 is 2.83. The first-order valence-corrected chi connectivity index (χ1v) is 35.8. The number of hydrogen-bond acceptors (Lipinski definition) is 0. The minimum atomic E-state index is 0. The molecule has 0 heterocycles. The van der Waals surface area contributed by atoms with Gasteiger partial charge in [0.1, 0.15) is 0 Å². The Labute approximate surface area is 584 Å². The fourth-order valence-electron chi connectivity index (χ4n) is 11.2. The summed E-state index contributed by atoms with van der Waals surface area (Å²) in [6.07, 6.45) is 26.6. The van der Waals surface area contributed by atoms with Crippen LogP contribution in [0.3, 0.4) is 0 Å². The Balaban J connectivity index is 0.000000196. The van der Waals surface area contributed by atoms with Crippen molar-refractivity contribution in [1.29, 1.82) is 0 Å². The van der Waals surface area contributed by atoms with Crippen LogP contribution in [0.25, 0.3) is 43.1 Å². The molecule has 12 aromatic carbocycles. The van der Waals surface area contributed by atoms with Crippen LogP contribution in [0.2, 0.25) is 0 Å². The third kappa shape index (κ3) is 26.9. The summed E-state index contributed by atoms with van der Waals surface area (Å²) in [5.74, 6) is 0. The van der Waals surface area contributed by atoms with Gasteiger partial charge in [-0.2, -0.15) is 24.3 Å². The first-order valence-electron chi connectivity index (χ1n) is 33.3. The van der Waals surface area contributed by atoms with Crippen LogP contribution >= 0.6 is 0 Å². The number of hydrogen-bond donors (Lipinski definition) is 0. The Hall–Kier alpha value is -5.71. The van der Waals surface area contributed by atoms with Crippen LogP contribution in [-0.2, 0) is 74.2 Å². The van der Waals surface area contributed by atoms with Crippen molar-refractivity contribution in [3.05, 3.63) is 311 Å². The molecule has 0 N–H and O–H groups in total. The standard InChI is InChI=1S/4C15H19.2C13H10.2ClH.2Zr/c4*1-2-3-4-5-8-13-11-14-9-6-7-10-15(14)12-13;2*1-3-7-12(8-4-1)11-13-9-5-2-6-10-13;;;;/h4*6-7,9-12H,2-5,8H2,1H3;2*1-10H;2*1H;;/q4*-1;;;;;2*+2/p-2. The van der Waals surface area contributed by atoms with Crippen LogP contribution in [0.4, 0.5) is 0 Å². The van der Waals surface area contributed by atoms with Gasteiger partial charge in [0, 0.05) is 0 Å². The fraction of sp³-hybridized carbons (Fsp3) is 0.279. The van der Waals surface area contributed by atoms with Gasteiger partial charge in [-0.1, -0.05) is 155 Å². The predicted molar refractivity (Wildman–Crippen MR) is 382 cm³/mol. The van der Waals surface area contributed by atoms with Crippen molar-refractivity contribution >= 4 is 49.5 Å². The van der Waals surface area contributed by atoms with E-state index >= 15 is 0 Å². The van der Waals surface area contributed by atoms with E-state index in [0.29, 0.717) is 0 Å². The zero-order valence-corrected chi connectivity index (χ0v) is 60.7. The van der Waals surface area contributed by atoms with Gasteiger partial charge in [-0.15, -0.1) is 162 Å². The molecule has 0 aliphatic rings. The molecule has 90 heavy (non-hydrogen) atoms. The average Bonchev–Trinajstić information content (AvgIpc) is 3.66. The van der Waals surface area contributed by atoms with Gasteiger partial charge >= 0.3 is 198 Å². The molecule has 0 fully saturated rings. The summed E-state index contributed by atoms with van der Waals surface area (Å²) in [6.45, 7) is 9.04. The first-order chi connectivity index (χ1) is 43.3. The normalized spacial score (nSPS) is 10.4. The summed E-state index contributed by atoms with van der Waals surface area (Å²) in [5, 5.41) is 11.1. The van der Waals surface area contributed by atoms with E-state index in [1.807, 2.05) is 0 Å². The summed E-state index contributed by atoms with van der Waals surface area (Å²) in [5.41, 5.74) is 11.3. The molecule has 464 valence electrons.